The van der Waals surface area contributed by atoms with E-state index < -0.39 is 11.9 Å². The lowest BCUT2D eigenvalue weighted by Crippen LogP contribution is -2.52. The number of hydrogen-bond donors (Lipinski definition) is 3. The van der Waals surface area contributed by atoms with Gasteiger partial charge in [-0.05, 0) is 25.0 Å². The van der Waals surface area contributed by atoms with Crippen LogP contribution in [-0.2, 0) is 9.59 Å². The van der Waals surface area contributed by atoms with Crippen LogP contribution in [-0.4, -0.2) is 35.3 Å². The number of piperidine rings is 1. The van der Waals surface area contributed by atoms with Crippen molar-refractivity contribution in [3.8, 4) is 0 Å². The number of nitrogens with zero attached hydrogens (tertiary/aromatic N) is 1. The normalized spacial score (nSPS) is 18.0. The van der Waals surface area contributed by atoms with E-state index in [4.69, 9.17) is 0 Å². The summed E-state index contributed by atoms with van der Waals surface area (Å²) in [6, 6.07) is 2.55. The topological polar surface area (TPSA) is 100 Å². The lowest BCUT2D eigenvalue weighted by molar-refractivity contribution is -0.134. The fourth-order valence-corrected chi connectivity index (χ4v) is 1.99. The third-order valence-corrected chi connectivity index (χ3v) is 3.12. The highest BCUT2D eigenvalue weighted by molar-refractivity contribution is 6.03. The molecule has 7 heteroatoms. The van der Waals surface area contributed by atoms with Gasteiger partial charge in [0.1, 0.15) is 11.9 Å². The Labute approximate surface area is 122 Å². The zero-order chi connectivity index (χ0) is 15.2. The number of rotatable bonds is 5. The number of hydrogen-bond acceptors (Lipinski definition) is 5. The van der Waals surface area contributed by atoms with E-state index in [9.17, 15) is 14.4 Å². The Morgan fingerprint density at radius 3 is 3.00 bits per heavy atom. The third kappa shape index (κ3) is 4.01. The Morgan fingerprint density at radius 1 is 1.48 bits per heavy atom. The quantitative estimate of drug-likeness (QED) is 0.683. The zero-order valence-corrected chi connectivity index (χ0v) is 11.8. The molecule has 112 valence electrons. The fraction of sp³-hybridized carbons (Fsp3) is 0.429. The van der Waals surface area contributed by atoms with Crippen molar-refractivity contribution in [3.05, 3.63) is 23.9 Å². The molecule has 1 saturated heterocycles. The number of aromatic nitrogens is 1. The molecule has 1 atom stereocenters. The molecule has 3 N–H and O–H groups in total. The summed E-state index contributed by atoms with van der Waals surface area (Å²) in [5.74, 6) is -0.502. The van der Waals surface area contributed by atoms with Gasteiger partial charge in [-0.3, -0.25) is 19.7 Å². The van der Waals surface area contributed by atoms with Gasteiger partial charge in [0, 0.05) is 24.7 Å². The SMILES string of the molecule is CCCNc1cc(C(=O)NC2CCC(=O)NC2=O)ccn1. The maximum Gasteiger partial charge on any atom is 0.252 e. The molecular formula is C14H18N4O3. The second-order valence-electron chi connectivity index (χ2n) is 4.83. The van der Waals surface area contributed by atoms with Crippen LogP contribution in [0, 0.1) is 0 Å². The maximum absolute atomic E-state index is 12.1. The largest absolute Gasteiger partial charge is 0.370 e. The number of anilines is 1. The minimum atomic E-state index is -0.671. The summed E-state index contributed by atoms with van der Waals surface area (Å²) in [4.78, 5) is 38.9. The van der Waals surface area contributed by atoms with E-state index in [2.05, 4.69) is 20.9 Å². The van der Waals surface area contributed by atoms with Crippen LogP contribution >= 0.6 is 0 Å². The predicted octanol–water partition coefficient (Wildman–Crippen LogP) is 0.438. The number of carbonyl (C=O) groups is 3. The second-order valence-corrected chi connectivity index (χ2v) is 4.83. The van der Waals surface area contributed by atoms with Crippen LogP contribution in [0.15, 0.2) is 18.3 Å². The van der Waals surface area contributed by atoms with Crippen LogP contribution in [0.4, 0.5) is 5.82 Å². The standard InChI is InChI=1S/C14H18N4O3/c1-2-6-15-11-8-9(5-7-16-11)13(20)17-10-3-4-12(19)18-14(10)21/h5,7-8,10H,2-4,6H2,1H3,(H,15,16)(H,17,20)(H,18,19,21). The van der Waals surface area contributed by atoms with Crippen LogP contribution in [0.3, 0.4) is 0 Å². The van der Waals surface area contributed by atoms with Gasteiger partial charge in [0.2, 0.25) is 11.8 Å². The van der Waals surface area contributed by atoms with E-state index in [1.54, 1.807) is 12.1 Å². The fourth-order valence-electron chi connectivity index (χ4n) is 1.99. The summed E-state index contributed by atoms with van der Waals surface area (Å²) < 4.78 is 0. The van der Waals surface area contributed by atoms with E-state index in [1.165, 1.54) is 6.20 Å². The Kier molecular flexibility index (Phi) is 4.86. The number of pyridine rings is 1. The van der Waals surface area contributed by atoms with Crippen molar-refractivity contribution in [3.63, 3.8) is 0 Å². The van der Waals surface area contributed by atoms with Gasteiger partial charge in [0.25, 0.3) is 5.91 Å². The lowest BCUT2D eigenvalue weighted by atomic mass is 10.1. The minimum Gasteiger partial charge on any atom is -0.370 e. The second kappa shape index (κ2) is 6.83. The molecule has 1 fully saturated rings. The maximum atomic E-state index is 12.1. The molecule has 3 amide bonds. The molecule has 1 aliphatic rings. The van der Waals surface area contributed by atoms with Crippen molar-refractivity contribution in [2.45, 2.75) is 32.2 Å². The molecule has 1 aromatic heterocycles. The molecular weight excluding hydrogens is 272 g/mol. The predicted molar refractivity (Wildman–Crippen MR) is 76.7 cm³/mol. The van der Waals surface area contributed by atoms with Crippen molar-refractivity contribution in [2.24, 2.45) is 0 Å². The van der Waals surface area contributed by atoms with E-state index in [-0.39, 0.29) is 18.2 Å². The summed E-state index contributed by atoms with van der Waals surface area (Å²) in [6.45, 7) is 2.80. The highest BCUT2D eigenvalue weighted by Gasteiger charge is 2.28. The molecule has 0 aromatic carbocycles. The van der Waals surface area contributed by atoms with E-state index in [1.807, 2.05) is 6.92 Å². The van der Waals surface area contributed by atoms with Gasteiger partial charge in [0.05, 0.1) is 0 Å². The molecule has 0 radical (unpaired) electrons. The molecule has 0 spiro atoms. The first kappa shape index (κ1) is 15.0. The van der Waals surface area contributed by atoms with Crippen LogP contribution in [0.2, 0.25) is 0 Å². The average molecular weight is 290 g/mol. The van der Waals surface area contributed by atoms with Gasteiger partial charge in [-0.25, -0.2) is 4.98 Å². The molecule has 2 rings (SSSR count). The van der Waals surface area contributed by atoms with Crippen LogP contribution in [0.1, 0.15) is 36.5 Å². The van der Waals surface area contributed by atoms with E-state index in [0.29, 0.717) is 17.8 Å². The molecule has 1 unspecified atom stereocenters. The smallest absolute Gasteiger partial charge is 0.252 e. The summed E-state index contributed by atoms with van der Waals surface area (Å²) in [6.07, 6.45) is 3.05. The Balaban J connectivity index is 1.99. The van der Waals surface area contributed by atoms with Gasteiger partial charge < -0.3 is 10.6 Å². The molecule has 0 aliphatic carbocycles. The summed E-state index contributed by atoms with van der Waals surface area (Å²) in [5, 5.41) is 7.93. The van der Waals surface area contributed by atoms with Crippen molar-refractivity contribution in [2.75, 3.05) is 11.9 Å². The van der Waals surface area contributed by atoms with Gasteiger partial charge >= 0.3 is 0 Å². The first-order valence-corrected chi connectivity index (χ1v) is 6.94. The molecule has 2 heterocycles. The molecule has 1 aliphatic heterocycles. The van der Waals surface area contributed by atoms with Gasteiger partial charge in [-0.1, -0.05) is 6.92 Å². The molecule has 21 heavy (non-hydrogen) atoms. The van der Waals surface area contributed by atoms with Crippen LogP contribution < -0.4 is 16.0 Å². The van der Waals surface area contributed by atoms with E-state index >= 15 is 0 Å². The number of amides is 3. The summed E-state index contributed by atoms with van der Waals surface area (Å²) >= 11 is 0. The first-order valence-electron chi connectivity index (χ1n) is 6.94. The summed E-state index contributed by atoms with van der Waals surface area (Å²) in [5.41, 5.74) is 0.424. The lowest BCUT2D eigenvalue weighted by Gasteiger charge is -2.21. The summed E-state index contributed by atoms with van der Waals surface area (Å²) in [7, 11) is 0. The van der Waals surface area contributed by atoms with Gasteiger partial charge in [-0.2, -0.15) is 0 Å². The molecule has 7 nitrogen and oxygen atoms in total. The van der Waals surface area contributed by atoms with Crippen molar-refractivity contribution >= 4 is 23.5 Å². The highest BCUT2D eigenvalue weighted by atomic mass is 16.2. The number of nitrogens with one attached hydrogen (secondary N) is 3. The molecule has 0 saturated carbocycles. The van der Waals surface area contributed by atoms with Gasteiger partial charge in [0.15, 0.2) is 0 Å². The third-order valence-electron chi connectivity index (χ3n) is 3.12. The van der Waals surface area contributed by atoms with Crippen molar-refractivity contribution in [1.82, 2.24) is 15.6 Å². The Bertz CT molecular complexity index is 559. The van der Waals surface area contributed by atoms with Gasteiger partial charge in [-0.15, -0.1) is 0 Å². The number of imide groups is 1. The first-order chi connectivity index (χ1) is 10.1. The number of carbonyl (C=O) groups excluding carboxylic acids is 3. The Morgan fingerprint density at radius 2 is 2.29 bits per heavy atom. The molecule has 0 bridgehead atoms. The monoisotopic (exact) mass is 290 g/mol. The van der Waals surface area contributed by atoms with Crippen LogP contribution in [0.5, 0.6) is 0 Å². The van der Waals surface area contributed by atoms with Crippen molar-refractivity contribution < 1.29 is 14.4 Å². The highest BCUT2D eigenvalue weighted by Crippen LogP contribution is 2.09. The minimum absolute atomic E-state index is 0.232. The van der Waals surface area contributed by atoms with Crippen molar-refractivity contribution in [1.29, 1.82) is 0 Å². The zero-order valence-electron chi connectivity index (χ0n) is 11.8. The molecule has 1 aromatic rings. The Hall–Kier alpha value is -2.44. The van der Waals surface area contributed by atoms with E-state index in [0.717, 1.165) is 13.0 Å². The van der Waals surface area contributed by atoms with Crippen LogP contribution in [0.25, 0.3) is 0 Å². The average Bonchev–Trinajstić information content (AvgIpc) is 2.48.